The molecule has 0 bridgehead atoms. The summed E-state index contributed by atoms with van der Waals surface area (Å²) >= 11 is 12.6. The van der Waals surface area contributed by atoms with Gasteiger partial charge < -0.3 is 10.0 Å². The fourth-order valence-corrected chi connectivity index (χ4v) is 3.69. The van der Waals surface area contributed by atoms with Crippen molar-refractivity contribution in [2.75, 3.05) is 20.2 Å². The van der Waals surface area contributed by atoms with Gasteiger partial charge in [-0.2, -0.15) is 0 Å². The number of hydrogen-bond acceptors (Lipinski definition) is 3. The number of carbonyl (C=O) groups is 1. The molecule has 0 aliphatic carbocycles. The second-order valence-electron chi connectivity index (χ2n) is 5.91. The highest BCUT2D eigenvalue weighted by Gasteiger charge is 2.27. The third-order valence-electron chi connectivity index (χ3n) is 4.27. The minimum atomic E-state index is -0.473. The maximum absolute atomic E-state index is 11.5. The average molecular weight is 350 g/mol. The van der Waals surface area contributed by atoms with Crippen LogP contribution in [0.4, 0.5) is 0 Å². The summed E-state index contributed by atoms with van der Waals surface area (Å²) in [6.45, 7) is 1.18. The molecule has 2 aromatic rings. The smallest absolute Gasteiger partial charge is 0.188 e. The highest BCUT2D eigenvalue weighted by molar-refractivity contribution is 6.35. The van der Waals surface area contributed by atoms with Crippen molar-refractivity contribution in [1.82, 2.24) is 4.90 Å². The average Bonchev–Trinajstić information content (AvgIpc) is 2.54. The molecule has 23 heavy (non-hydrogen) atoms. The molecule has 1 N–H and O–H groups in total. The zero-order valence-corrected chi connectivity index (χ0v) is 14.2. The SMILES string of the molecule is CN1Cc2c(Cl)cc(Cl)cc2C(c2ccc(C(=O)CO)cc2)C1. The molecule has 1 atom stereocenters. The van der Waals surface area contributed by atoms with Crippen LogP contribution in [-0.4, -0.2) is 36.0 Å². The number of Topliss-reactive ketones (excluding diaryl/α,β-unsaturated/α-hetero) is 1. The Morgan fingerprint density at radius 2 is 1.96 bits per heavy atom. The van der Waals surface area contributed by atoms with Crippen LogP contribution in [0.3, 0.4) is 0 Å². The number of aliphatic hydroxyl groups is 1. The minimum Gasteiger partial charge on any atom is -0.388 e. The Bertz CT molecular complexity index is 743. The summed E-state index contributed by atoms with van der Waals surface area (Å²) in [4.78, 5) is 13.8. The first-order chi connectivity index (χ1) is 11.0. The summed E-state index contributed by atoms with van der Waals surface area (Å²) in [7, 11) is 2.06. The van der Waals surface area contributed by atoms with Gasteiger partial charge >= 0.3 is 0 Å². The lowest BCUT2D eigenvalue weighted by molar-refractivity contribution is 0.0903. The van der Waals surface area contributed by atoms with Crippen LogP contribution in [0.2, 0.25) is 10.0 Å². The fourth-order valence-electron chi connectivity index (χ4n) is 3.12. The van der Waals surface area contributed by atoms with Crippen LogP contribution >= 0.6 is 23.2 Å². The molecule has 1 aliphatic heterocycles. The Morgan fingerprint density at radius 1 is 1.26 bits per heavy atom. The third-order valence-corrected chi connectivity index (χ3v) is 4.83. The second kappa shape index (κ2) is 6.62. The van der Waals surface area contributed by atoms with Gasteiger partial charge in [0.1, 0.15) is 6.61 Å². The van der Waals surface area contributed by atoms with E-state index >= 15 is 0 Å². The molecule has 1 aliphatic rings. The summed E-state index contributed by atoms with van der Waals surface area (Å²) in [6.07, 6.45) is 0. The van der Waals surface area contributed by atoms with Crippen LogP contribution < -0.4 is 0 Å². The summed E-state index contributed by atoms with van der Waals surface area (Å²) < 4.78 is 0. The first-order valence-electron chi connectivity index (χ1n) is 7.40. The monoisotopic (exact) mass is 349 g/mol. The third kappa shape index (κ3) is 3.29. The zero-order valence-electron chi connectivity index (χ0n) is 12.7. The van der Waals surface area contributed by atoms with Crippen LogP contribution in [0.25, 0.3) is 0 Å². The Labute approximate surface area is 145 Å². The van der Waals surface area contributed by atoms with Gasteiger partial charge in [-0.05, 0) is 35.9 Å². The van der Waals surface area contributed by atoms with Crippen LogP contribution in [-0.2, 0) is 6.54 Å². The molecule has 2 aromatic carbocycles. The van der Waals surface area contributed by atoms with Gasteiger partial charge in [0.2, 0.25) is 0 Å². The number of nitrogens with zero attached hydrogens (tertiary/aromatic N) is 1. The molecular weight excluding hydrogens is 333 g/mol. The Hall–Kier alpha value is -1.39. The van der Waals surface area contributed by atoms with Gasteiger partial charge in [0.25, 0.3) is 0 Å². The normalized spacial score (nSPS) is 17.8. The van der Waals surface area contributed by atoms with E-state index in [1.165, 1.54) is 0 Å². The first kappa shape index (κ1) is 16.5. The highest BCUT2D eigenvalue weighted by Crippen LogP contribution is 2.38. The Kier molecular flexibility index (Phi) is 4.74. The summed E-state index contributed by atoms with van der Waals surface area (Å²) in [5.41, 5.74) is 3.86. The van der Waals surface area contributed by atoms with Gasteiger partial charge in [0.05, 0.1) is 0 Å². The number of rotatable bonds is 3. The van der Waals surface area contributed by atoms with Gasteiger partial charge in [-0.3, -0.25) is 4.79 Å². The quantitative estimate of drug-likeness (QED) is 0.858. The van der Waals surface area contributed by atoms with Crippen molar-refractivity contribution in [2.45, 2.75) is 12.5 Å². The standard InChI is InChI=1S/C18H17Cl2NO2/c1-21-8-15(11-2-4-12(5-3-11)18(23)10-22)14-6-13(19)7-17(20)16(14)9-21/h2-7,15,22H,8-10H2,1H3. The van der Waals surface area contributed by atoms with E-state index in [9.17, 15) is 4.79 Å². The van der Waals surface area contributed by atoms with Crippen LogP contribution in [0, 0.1) is 0 Å². The lowest BCUT2D eigenvalue weighted by Crippen LogP contribution is -2.31. The molecule has 1 unspecified atom stereocenters. The molecule has 5 heteroatoms. The van der Waals surface area contributed by atoms with Crippen LogP contribution in [0.1, 0.15) is 33.0 Å². The van der Waals surface area contributed by atoms with Crippen LogP contribution in [0.5, 0.6) is 0 Å². The molecular formula is C18H17Cl2NO2. The van der Waals surface area contributed by atoms with E-state index in [1.807, 2.05) is 18.2 Å². The Balaban J connectivity index is 2.02. The molecule has 1 heterocycles. The molecule has 3 rings (SSSR count). The van der Waals surface area contributed by atoms with Gasteiger partial charge in [0, 0.05) is 34.6 Å². The molecule has 0 radical (unpaired) electrons. The van der Waals surface area contributed by atoms with Crippen LogP contribution in [0.15, 0.2) is 36.4 Å². The van der Waals surface area contributed by atoms with Crippen molar-refractivity contribution in [2.24, 2.45) is 0 Å². The van der Waals surface area contributed by atoms with E-state index in [4.69, 9.17) is 28.3 Å². The number of benzene rings is 2. The van der Waals surface area contributed by atoms with Gasteiger partial charge in [-0.1, -0.05) is 47.5 Å². The van der Waals surface area contributed by atoms with E-state index in [-0.39, 0.29) is 11.7 Å². The van der Waals surface area contributed by atoms with Gasteiger partial charge in [-0.25, -0.2) is 0 Å². The number of likely N-dealkylation sites (N-methyl/N-ethyl adjacent to an activating group) is 1. The van der Waals surface area contributed by atoms with Crippen molar-refractivity contribution in [3.63, 3.8) is 0 Å². The number of fused-ring (bicyclic) bond motifs is 1. The summed E-state index contributed by atoms with van der Waals surface area (Å²) in [5, 5.41) is 10.3. The number of carbonyl (C=O) groups excluding carboxylic acids is 1. The van der Waals surface area contributed by atoms with Crippen molar-refractivity contribution >= 4 is 29.0 Å². The van der Waals surface area contributed by atoms with Crippen molar-refractivity contribution in [3.05, 3.63) is 68.7 Å². The van der Waals surface area contributed by atoms with Gasteiger partial charge in [-0.15, -0.1) is 0 Å². The molecule has 3 nitrogen and oxygen atoms in total. The molecule has 0 saturated heterocycles. The van der Waals surface area contributed by atoms with Crippen molar-refractivity contribution < 1.29 is 9.90 Å². The topological polar surface area (TPSA) is 40.5 Å². The molecule has 0 amide bonds. The maximum atomic E-state index is 11.5. The van der Waals surface area contributed by atoms with Crippen molar-refractivity contribution in [3.8, 4) is 0 Å². The predicted octanol–water partition coefficient (Wildman–Crippen LogP) is 3.75. The van der Waals surface area contributed by atoms with E-state index < -0.39 is 6.61 Å². The maximum Gasteiger partial charge on any atom is 0.188 e. The molecule has 0 fully saturated rings. The molecule has 0 aromatic heterocycles. The lowest BCUT2D eigenvalue weighted by atomic mass is 9.84. The van der Waals surface area contributed by atoms with Gasteiger partial charge in [0.15, 0.2) is 5.78 Å². The fraction of sp³-hybridized carbons (Fsp3) is 0.278. The van der Waals surface area contributed by atoms with E-state index in [0.717, 1.165) is 29.8 Å². The van der Waals surface area contributed by atoms with E-state index in [2.05, 4.69) is 11.9 Å². The number of halogens is 2. The summed E-state index contributed by atoms with van der Waals surface area (Å²) in [5.74, 6) is -0.123. The highest BCUT2D eigenvalue weighted by atomic mass is 35.5. The molecule has 0 saturated carbocycles. The van der Waals surface area contributed by atoms with E-state index in [1.54, 1.807) is 18.2 Å². The zero-order chi connectivity index (χ0) is 16.6. The molecule has 120 valence electrons. The van der Waals surface area contributed by atoms with Crippen molar-refractivity contribution in [1.29, 1.82) is 0 Å². The predicted molar refractivity (Wildman–Crippen MR) is 92.5 cm³/mol. The second-order valence-corrected chi connectivity index (χ2v) is 6.75. The first-order valence-corrected chi connectivity index (χ1v) is 8.15. The minimum absolute atomic E-state index is 0.151. The number of aliphatic hydroxyl groups excluding tert-OH is 1. The number of hydrogen-bond donors (Lipinski definition) is 1. The summed E-state index contributed by atoms with van der Waals surface area (Å²) in [6, 6.07) is 11.1. The van der Waals surface area contributed by atoms with E-state index in [0.29, 0.717) is 15.6 Å². The lowest BCUT2D eigenvalue weighted by Gasteiger charge is -2.33. The Morgan fingerprint density at radius 3 is 2.61 bits per heavy atom. The largest absolute Gasteiger partial charge is 0.388 e. The molecule has 0 spiro atoms. The number of ketones is 1.